The molecule has 0 aromatic heterocycles. The van der Waals surface area contributed by atoms with E-state index in [4.69, 9.17) is 11.6 Å². The van der Waals surface area contributed by atoms with Crippen molar-refractivity contribution in [2.45, 2.75) is 19.9 Å². The molecule has 0 radical (unpaired) electrons. The summed E-state index contributed by atoms with van der Waals surface area (Å²) in [6.07, 6.45) is 0.652. The number of carbonyl (C=O) groups excluding carboxylic acids is 2. The van der Waals surface area contributed by atoms with Crippen molar-refractivity contribution < 1.29 is 9.59 Å². The molecule has 0 aliphatic heterocycles. The van der Waals surface area contributed by atoms with Crippen LogP contribution >= 0.6 is 11.6 Å². The summed E-state index contributed by atoms with van der Waals surface area (Å²) in [5, 5.41) is 6.10. The van der Waals surface area contributed by atoms with Gasteiger partial charge >= 0.3 is 0 Å². The van der Waals surface area contributed by atoms with E-state index >= 15 is 0 Å². The lowest BCUT2D eigenvalue weighted by molar-refractivity contribution is -0.128. The van der Waals surface area contributed by atoms with E-state index in [1.165, 1.54) is 0 Å². The lowest BCUT2D eigenvalue weighted by Crippen LogP contribution is -2.39. The van der Waals surface area contributed by atoms with Gasteiger partial charge in [-0.3, -0.25) is 9.59 Å². The highest BCUT2D eigenvalue weighted by Crippen LogP contribution is 2.09. The van der Waals surface area contributed by atoms with Gasteiger partial charge in [0.2, 0.25) is 11.8 Å². The minimum Gasteiger partial charge on any atom is -0.350 e. The highest BCUT2D eigenvalue weighted by atomic mass is 35.5. The third-order valence-electron chi connectivity index (χ3n) is 3.66. The molecule has 0 saturated heterocycles. The van der Waals surface area contributed by atoms with Crippen LogP contribution in [0.3, 0.4) is 0 Å². The smallest absolute Gasteiger partial charge is 0.239 e. The molecule has 0 saturated carbocycles. The van der Waals surface area contributed by atoms with Crippen LogP contribution in [0.5, 0.6) is 0 Å². The van der Waals surface area contributed by atoms with Crippen molar-refractivity contribution in [1.29, 1.82) is 0 Å². The Morgan fingerprint density at radius 1 is 0.958 bits per heavy atom. The zero-order chi connectivity index (χ0) is 17.4. The number of amides is 2. The molecule has 2 aromatic rings. The van der Waals surface area contributed by atoms with E-state index in [1.54, 1.807) is 12.1 Å². The average Bonchev–Trinajstić information content (AvgIpc) is 2.60. The summed E-state index contributed by atoms with van der Waals surface area (Å²) < 4.78 is 0. The van der Waals surface area contributed by atoms with E-state index in [9.17, 15) is 9.59 Å². The molecule has 0 aliphatic carbocycles. The summed E-state index contributed by atoms with van der Waals surface area (Å²) in [6.45, 7) is 2.24. The van der Waals surface area contributed by atoms with Gasteiger partial charge in [0.15, 0.2) is 0 Å². The molecule has 2 aromatic carbocycles. The Hall–Kier alpha value is -2.33. The first-order chi connectivity index (χ1) is 11.5. The van der Waals surface area contributed by atoms with E-state index in [-0.39, 0.29) is 24.3 Å². The molecular weight excluding hydrogens is 324 g/mol. The zero-order valence-corrected chi connectivity index (χ0v) is 14.3. The summed E-state index contributed by atoms with van der Waals surface area (Å²) in [5.41, 5.74) is 2.06. The van der Waals surface area contributed by atoms with E-state index in [0.717, 1.165) is 11.1 Å². The van der Waals surface area contributed by atoms with Crippen LogP contribution in [0, 0.1) is 5.92 Å². The Labute approximate surface area is 147 Å². The summed E-state index contributed by atoms with van der Waals surface area (Å²) >= 11 is 5.81. The third-order valence-corrected chi connectivity index (χ3v) is 3.91. The molecule has 0 bridgehead atoms. The second-order valence-electron chi connectivity index (χ2n) is 5.71. The Kier molecular flexibility index (Phi) is 6.82. The molecular formula is C19H21ClN2O2. The van der Waals surface area contributed by atoms with Gasteiger partial charge in [-0.05, 0) is 29.7 Å². The van der Waals surface area contributed by atoms with Gasteiger partial charge in [-0.15, -0.1) is 0 Å². The fourth-order valence-corrected chi connectivity index (χ4v) is 2.39. The molecule has 4 nitrogen and oxygen atoms in total. The number of hydrogen-bond acceptors (Lipinski definition) is 2. The summed E-state index contributed by atoms with van der Waals surface area (Å²) in [5.74, 6) is -0.526. The number of carbonyl (C=O) groups is 2. The minimum absolute atomic E-state index is 0.0223. The van der Waals surface area contributed by atoms with Crippen LogP contribution in [0.1, 0.15) is 18.1 Å². The fourth-order valence-electron chi connectivity index (χ4n) is 2.27. The molecule has 2 N–H and O–H groups in total. The van der Waals surface area contributed by atoms with Crippen LogP contribution in [0.4, 0.5) is 0 Å². The maximum absolute atomic E-state index is 12.1. The van der Waals surface area contributed by atoms with Crippen molar-refractivity contribution in [3.05, 3.63) is 70.7 Å². The highest BCUT2D eigenvalue weighted by molar-refractivity contribution is 6.30. The van der Waals surface area contributed by atoms with Crippen molar-refractivity contribution in [2.75, 3.05) is 6.54 Å². The van der Waals surface area contributed by atoms with Crippen LogP contribution in [0.2, 0.25) is 5.02 Å². The van der Waals surface area contributed by atoms with Gasteiger partial charge in [0, 0.05) is 17.5 Å². The Morgan fingerprint density at radius 2 is 1.62 bits per heavy atom. The quantitative estimate of drug-likeness (QED) is 0.811. The fraction of sp³-hybridized carbons (Fsp3) is 0.263. The monoisotopic (exact) mass is 344 g/mol. The Morgan fingerprint density at radius 3 is 2.29 bits per heavy atom. The lowest BCUT2D eigenvalue weighted by atomic mass is 10.0. The van der Waals surface area contributed by atoms with Gasteiger partial charge in [-0.25, -0.2) is 0 Å². The van der Waals surface area contributed by atoms with Gasteiger partial charge in [0.1, 0.15) is 0 Å². The van der Waals surface area contributed by atoms with Crippen molar-refractivity contribution in [3.8, 4) is 0 Å². The number of rotatable bonds is 7. The van der Waals surface area contributed by atoms with Gasteiger partial charge in [-0.1, -0.05) is 61.0 Å². The second kappa shape index (κ2) is 9.08. The van der Waals surface area contributed by atoms with Crippen molar-refractivity contribution in [2.24, 2.45) is 5.92 Å². The summed E-state index contributed by atoms with van der Waals surface area (Å²) in [7, 11) is 0. The van der Waals surface area contributed by atoms with Crippen LogP contribution in [-0.4, -0.2) is 18.4 Å². The SMILES string of the molecule is CC(Cc1ccccc1)C(=O)NCC(=O)NCc1ccc(Cl)cc1. The Bertz CT molecular complexity index is 672. The van der Waals surface area contributed by atoms with Gasteiger partial charge in [0.05, 0.1) is 6.54 Å². The number of nitrogens with one attached hydrogen (secondary N) is 2. The molecule has 24 heavy (non-hydrogen) atoms. The molecule has 2 amide bonds. The molecule has 0 spiro atoms. The number of halogens is 1. The van der Waals surface area contributed by atoms with Gasteiger partial charge in [0.25, 0.3) is 0 Å². The second-order valence-corrected chi connectivity index (χ2v) is 6.15. The van der Waals surface area contributed by atoms with E-state index in [2.05, 4.69) is 10.6 Å². The first kappa shape index (κ1) is 18.0. The van der Waals surface area contributed by atoms with Crippen molar-refractivity contribution >= 4 is 23.4 Å². The maximum atomic E-state index is 12.1. The molecule has 0 aliphatic rings. The molecule has 1 unspecified atom stereocenters. The van der Waals surface area contributed by atoms with E-state index in [0.29, 0.717) is 18.0 Å². The topological polar surface area (TPSA) is 58.2 Å². The third kappa shape index (κ3) is 6.05. The zero-order valence-electron chi connectivity index (χ0n) is 13.6. The maximum Gasteiger partial charge on any atom is 0.239 e. The predicted octanol–water partition coefficient (Wildman–Crippen LogP) is 2.95. The average molecular weight is 345 g/mol. The van der Waals surface area contributed by atoms with E-state index < -0.39 is 0 Å². The highest BCUT2D eigenvalue weighted by Gasteiger charge is 2.14. The number of benzene rings is 2. The first-order valence-electron chi connectivity index (χ1n) is 7.87. The molecule has 126 valence electrons. The standard InChI is InChI=1S/C19H21ClN2O2/c1-14(11-15-5-3-2-4-6-15)19(24)22-13-18(23)21-12-16-7-9-17(20)10-8-16/h2-10,14H,11-13H2,1H3,(H,21,23)(H,22,24). The molecule has 0 heterocycles. The largest absolute Gasteiger partial charge is 0.350 e. The normalized spacial score (nSPS) is 11.6. The first-order valence-corrected chi connectivity index (χ1v) is 8.25. The van der Waals surface area contributed by atoms with Crippen LogP contribution in [-0.2, 0) is 22.6 Å². The van der Waals surface area contributed by atoms with Crippen LogP contribution in [0.15, 0.2) is 54.6 Å². The van der Waals surface area contributed by atoms with Crippen LogP contribution < -0.4 is 10.6 Å². The van der Waals surface area contributed by atoms with E-state index in [1.807, 2.05) is 49.4 Å². The predicted molar refractivity (Wildman–Crippen MR) is 95.6 cm³/mol. The van der Waals surface area contributed by atoms with Crippen molar-refractivity contribution in [3.63, 3.8) is 0 Å². The molecule has 0 fully saturated rings. The van der Waals surface area contributed by atoms with Gasteiger partial charge < -0.3 is 10.6 Å². The van der Waals surface area contributed by atoms with Gasteiger partial charge in [-0.2, -0.15) is 0 Å². The Balaban J connectivity index is 1.70. The molecule has 5 heteroatoms. The summed E-state index contributed by atoms with van der Waals surface area (Å²) in [4.78, 5) is 23.9. The summed E-state index contributed by atoms with van der Waals surface area (Å²) in [6, 6.07) is 17.1. The number of hydrogen-bond donors (Lipinski definition) is 2. The molecule has 2 rings (SSSR count). The minimum atomic E-state index is -0.217. The van der Waals surface area contributed by atoms with Crippen molar-refractivity contribution in [1.82, 2.24) is 10.6 Å². The molecule has 1 atom stereocenters. The van der Waals surface area contributed by atoms with Crippen LogP contribution in [0.25, 0.3) is 0 Å². The lowest BCUT2D eigenvalue weighted by Gasteiger charge is -2.12.